The van der Waals surface area contributed by atoms with Crippen LogP contribution in [0, 0.1) is 19.3 Å². The molecular formula is C13H19NO. The first-order valence-corrected chi connectivity index (χ1v) is 5.49. The van der Waals surface area contributed by atoms with Crippen LogP contribution in [0.5, 0.6) is 0 Å². The van der Waals surface area contributed by atoms with E-state index in [0.29, 0.717) is 6.04 Å². The summed E-state index contributed by atoms with van der Waals surface area (Å²) in [7, 11) is 0. The molecule has 0 aliphatic heterocycles. The zero-order valence-electron chi connectivity index (χ0n) is 9.55. The van der Waals surface area contributed by atoms with E-state index in [9.17, 15) is 0 Å². The predicted molar refractivity (Wildman–Crippen MR) is 62.5 cm³/mol. The number of nitrogens with one attached hydrogen (secondary N) is 1. The molecule has 2 nitrogen and oxygen atoms in total. The molecule has 82 valence electrons. The lowest BCUT2D eigenvalue weighted by Crippen LogP contribution is -2.20. The van der Waals surface area contributed by atoms with Crippen molar-refractivity contribution in [3.05, 3.63) is 23.7 Å². The molecule has 0 bridgehead atoms. The van der Waals surface area contributed by atoms with E-state index < -0.39 is 0 Å². The zero-order valence-corrected chi connectivity index (χ0v) is 9.55. The molecule has 1 aromatic rings. The van der Waals surface area contributed by atoms with E-state index in [1.807, 2.05) is 13.2 Å². The monoisotopic (exact) mass is 205 g/mol. The first-order chi connectivity index (χ1) is 7.27. The molecule has 0 fully saturated rings. The van der Waals surface area contributed by atoms with Gasteiger partial charge >= 0.3 is 0 Å². The number of hydrogen-bond acceptors (Lipinski definition) is 2. The molecule has 0 aromatic carbocycles. The highest BCUT2D eigenvalue weighted by molar-refractivity contribution is 5.16. The number of rotatable bonds is 6. The Kier molecular flexibility index (Phi) is 5.00. The zero-order chi connectivity index (χ0) is 11.1. The third kappa shape index (κ3) is 3.81. The molecule has 0 amide bonds. The number of furan rings is 1. The summed E-state index contributed by atoms with van der Waals surface area (Å²) < 4.78 is 5.32. The fourth-order valence-corrected chi connectivity index (χ4v) is 1.69. The lowest BCUT2D eigenvalue weighted by Gasteiger charge is -2.15. The van der Waals surface area contributed by atoms with E-state index in [0.717, 1.165) is 31.6 Å². The number of unbranched alkanes of at least 4 members (excludes halogenated alkanes) is 1. The van der Waals surface area contributed by atoms with E-state index in [-0.39, 0.29) is 0 Å². The van der Waals surface area contributed by atoms with E-state index in [4.69, 9.17) is 10.8 Å². The highest BCUT2D eigenvalue weighted by Crippen LogP contribution is 2.21. The summed E-state index contributed by atoms with van der Waals surface area (Å²) in [6.45, 7) is 5.04. The van der Waals surface area contributed by atoms with Crippen molar-refractivity contribution in [1.29, 1.82) is 0 Å². The van der Waals surface area contributed by atoms with E-state index in [2.05, 4.69) is 24.2 Å². The summed E-state index contributed by atoms with van der Waals surface area (Å²) in [5, 5.41) is 3.44. The van der Waals surface area contributed by atoms with Crippen LogP contribution in [-0.4, -0.2) is 6.54 Å². The SMILES string of the molecule is C#CCCCC(NCC)c1coc(C)c1. The van der Waals surface area contributed by atoms with Crippen molar-refractivity contribution in [1.82, 2.24) is 5.32 Å². The lowest BCUT2D eigenvalue weighted by molar-refractivity contribution is 0.486. The average molecular weight is 205 g/mol. The third-order valence-corrected chi connectivity index (χ3v) is 2.42. The van der Waals surface area contributed by atoms with Gasteiger partial charge in [0.25, 0.3) is 0 Å². The van der Waals surface area contributed by atoms with Gasteiger partial charge in [-0.25, -0.2) is 0 Å². The molecule has 0 radical (unpaired) electrons. The minimum absolute atomic E-state index is 0.376. The Morgan fingerprint density at radius 1 is 1.60 bits per heavy atom. The number of aryl methyl sites for hydroxylation is 1. The first kappa shape index (κ1) is 11.9. The van der Waals surface area contributed by atoms with E-state index in [1.165, 1.54) is 5.56 Å². The summed E-state index contributed by atoms with van der Waals surface area (Å²) in [6.07, 6.45) is 10.0. The third-order valence-electron chi connectivity index (χ3n) is 2.42. The first-order valence-electron chi connectivity index (χ1n) is 5.49. The summed E-state index contributed by atoms with van der Waals surface area (Å²) in [5.74, 6) is 3.63. The molecule has 0 saturated carbocycles. The molecule has 15 heavy (non-hydrogen) atoms. The van der Waals surface area contributed by atoms with Crippen LogP contribution in [0.25, 0.3) is 0 Å². The van der Waals surface area contributed by atoms with Crippen molar-refractivity contribution in [2.45, 2.75) is 39.2 Å². The highest BCUT2D eigenvalue weighted by atomic mass is 16.3. The maximum atomic E-state index is 5.32. The fourth-order valence-electron chi connectivity index (χ4n) is 1.69. The molecule has 2 heteroatoms. The minimum Gasteiger partial charge on any atom is -0.469 e. The molecule has 1 N–H and O–H groups in total. The molecule has 1 rings (SSSR count). The second kappa shape index (κ2) is 6.31. The van der Waals surface area contributed by atoms with Crippen molar-refractivity contribution < 1.29 is 4.42 Å². The van der Waals surface area contributed by atoms with Crippen molar-refractivity contribution in [2.75, 3.05) is 6.54 Å². The summed E-state index contributed by atoms with van der Waals surface area (Å²) in [5.41, 5.74) is 1.23. The highest BCUT2D eigenvalue weighted by Gasteiger charge is 2.11. The van der Waals surface area contributed by atoms with Gasteiger partial charge in [0.2, 0.25) is 0 Å². The molecule has 0 aliphatic carbocycles. The van der Waals surface area contributed by atoms with Gasteiger partial charge in [-0.1, -0.05) is 6.92 Å². The van der Waals surface area contributed by atoms with Crippen LogP contribution < -0.4 is 5.32 Å². The van der Waals surface area contributed by atoms with Crippen molar-refractivity contribution in [3.63, 3.8) is 0 Å². The predicted octanol–water partition coefficient (Wildman–Crippen LogP) is 3.04. The average Bonchev–Trinajstić information content (AvgIpc) is 2.64. The molecule has 0 saturated heterocycles. The molecule has 0 spiro atoms. The van der Waals surface area contributed by atoms with Crippen LogP contribution in [0.4, 0.5) is 0 Å². The lowest BCUT2D eigenvalue weighted by atomic mass is 10.0. The van der Waals surface area contributed by atoms with Gasteiger partial charge in [0.05, 0.1) is 6.26 Å². The van der Waals surface area contributed by atoms with Crippen LogP contribution in [0.1, 0.15) is 43.6 Å². The second-order valence-electron chi connectivity index (χ2n) is 3.70. The summed E-state index contributed by atoms with van der Waals surface area (Å²) in [6, 6.07) is 2.46. The van der Waals surface area contributed by atoms with Gasteiger partial charge < -0.3 is 9.73 Å². The quantitative estimate of drug-likeness (QED) is 0.570. The Labute approximate surface area is 92.1 Å². The maximum absolute atomic E-state index is 5.32. The Hall–Kier alpha value is -1.20. The van der Waals surface area contributed by atoms with Crippen molar-refractivity contribution >= 4 is 0 Å². The topological polar surface area (TPSA) is 25.2 Å². The van der Waals surface area contributed by atoms with Gasteiger partial charge in [-0.3, -0.25) is 0 Å². The van der Waals surface area contributed by atoms with E-state index in [1.54, 1.807) is 0 Å². The molecule has 1 unspecified atom stereocenters. The Balaban J connectivity index is 2.54. The molecule has 0 aliphatic rings. The minimum atomic E-state index is 0.376. The largest absolute Gasteiger partial charge is 0.469 e. The van der Waals surface area contributed by atoms with Crippen LogP contribution in [-0.2, 0) is 0 Å². The van der Waals surface area contributed by atoms with Crippen LogP contribution in [0.15, 0.2) is 16.7 Å². The van der Waals surface area contributed by atoms with Crippen LogP contribution >= 0.6 is 0 Å². The van der Waals surface area contributed by atoms with Crippen LogP contribution in [0.2, 0.25) is 0 Å². The van der Waals surface area contributed by atoms with Gasteiger partial charge in [-0.15, -0.1) is 12.3 Å². The molecule has 1 heterocycles. The summed E-state index contributed by atoms with van der Waals surface area (Å²) >= 11 is 0. The molecular weight excluding hydrogens is 186 g/mol. The molecule has 1 atom stereocenters. The molecule has 1 aromatic heterocycles. The van der Waals surface area contributed by atoms with Gasteiger partial charge in [-0.2, -0.15) is 0 Å². The Morgan fingerprint density at radius 2 is 2.40 bits per heavy atom. The summed E-state index contributed by atoms with van der Waals surface area (Å²) in [4.78, 5) is 0. The maximum Gasteiger partial charge on any atom is 0.101 e. The standard InChI is InChI=1S/C13H19NO/c1-4-6-7-8-13(14-5-2)12-9-11(3)15-10-12/h1,9-10,13-14H,5-8H2,2-3H3. The number of terminal acetylenes is 1. The fraction of sp³-hybridized carbons (Fsp3) is 0.538. The van der Waals surface area contributed by atoms with Crippen molar-refractivity contribution in [3.8, 4) is 12.3 Å². The van der Waals surface area contributed by atoms with Crippen LogP contribution in [0.3, 0.4) is 0 Å². The Morgan fingerprint density at radius 3 is 2.93 bits per heavy atom. The van der Waals surface area contributed by atoms with E-state index >= 15 is 0 Å². The second-order valence-corrected chi connectivity index (χ2v) is 3.70. The van der Waals surface area contributed by atoms with Crippen molar-refractivity contribution in [2.24, 2.45) is 0 Å². The Bertz CT molecular complexity index is 322. The van der Waals surface area contributed by atoms with Gasteiger partial charge in [0.15, 0.2) is 0 Å². The van der Waals surface area contributed by atoms with Gasteiger partial charge in [-0.05, 0) is 32.4 Å². The van der Waals surface area contributed by atoms with Gasteiger partial charge in [0.1, 0.15) is 5.76 Å². The number of hydrogen-bond donors (Lipinski definition) is 1. The normalized spacial score (nSPS) is 12.3. The van der Waals surface area contributed by atoms with Gasteiger partial charge in [0, 0.05) is 18.0 Å². The smallest absolute Gasteiger partial charge is 0.101 e.